The van der Waals surface area contributed by atoms with Crippen LogP contribution >= 0.6 is 15.9 Å². The van der Waals surface area contributed by atoms with Crippen molar-refractivity contribution in [2.75, 3.05) is 11.9 Å². The normalized spacial score (nSPS) is 13.9. The minimum atomic E-state index is 0.0298. The molecule has 17 heavy (non-hydrogen) atoms. The van der Waals surface area contributed by atoms with Crippen LogP contribution in [-0.4, -0.2) is 13.1 Å². The lowest BCUT2D eigenvalue weighted by Gasteiger charge is -2.26. The van der Waals surface area contributed by atoms with Crippen LogP contribution in [0.25, 0.3) is 0 Å². The molecule has 2 atom stereocenters. The third-order valence-electron chi connectivity index (χ3n) is 2.93. The van der Waals surface area contributed by atoms with Gasteiger partial charge in [-0.1, -0.05) is 6.07 Å². The number of nitrogens with two attached hydrogens (primary N) is 1. The molecule has 0 saturated carbocycles. The molecule has 0 spiro atoms. The van der Waals surface area contributed by atoms with Crippen LogP contribution in [0.15, 0.2) is 22.7 Å². The van der Waals surface area contributed by atoms with Gasteiger partial charge < -0.3 is 10.6 Å². The van der Waals surface area contributed by atoms with Crippen LogP contribution in [0.1, 0.15) is 31.9 Å². The van der Waals surface area contributed by atoms with Crippen molar-refractivity contribution in [1.82, 2.24) is 0 Å². The predicted octanol–water partition coefficient (Wildman–Crippen LogP) is 3.21. The van der Waals surface area contributed by atoms with Crippen LogP contribution in [0.2, 0.25) is 0 Å². The Morgan fingerprint density at radius 2 is 2.12 bits per heavy atom. The minimum Gasteiger partial charge on any atom is -0.370 e. The van der Waals surface area contributed by atoms with E-state index in [0.29, 0.717) is 6.42 Å². The van der Waals surface area contributed by atoms with Gasteiger partial charge in [0, 0.05) is 23.6 Å². The zero-order chi connectivity index (χ0) is 13.0. The van der Waals surface area contributed by atoms with E-state index in [-0.39, 0.29) is 12.1 Å². The summed E-state index contributed by atoms with van der Waals surface area (Å²) in [6, 6.07) is 8.52. The summed E-state index contributed by atoms with van der Waals surface area (Å²) < 4.78 is 1.01. The number of nitrogens with zero attached hydrogens (tertiary/aromatic N) is 2. The highest BCUT2D eigenvalue weighted by Crippen LogP contribution is 2.29. The second-order valence-corrected chi connectivity index (χ2v) is 5.18. The topological polar surface area (TPSA) is 53.0 Å². The molecule has 2 unspecified atom stereocenters. The fraction of sp³-hybridized carbons (Fsp3) is 0.462. The van der Waals surface area contributed by atoms with E-state index < -0.39 is 0 Å². The van der Waals surface area contributed by atoms with E-state index in [9.17, 15) is 0 Å². The van der Waals surface area contributed by atoms with Gasteiger partial charge in [0.05, 0.1) is 18.2 Å². The lowest BCUT2D eigenvalue weighted by Crippen LogP contribution is -2.28. The molecule has 0 amide bonds. The van der Waals surface area contributed by atoms with Crippen molar-refractivity contribution in [3.63, 3.8) is 0 Å². The van der Waals surface area contributed by atoms with Crippen LogP contribution in [0.3, 0.4) is 0 Å². The second kappa shape index (κ2) is 6.04. The zero-order valence-electron chi connectivity index (χ0n) is 10.4. The van der Waals surface area contributed by atoms with E-state index in [1.165, 1.54) is 0 Å². The van der Waals surface area contributed by atoms with E-state index in [0.717, 1.165) is 15.7 Å². The van der Waals surface area contributed by atoms with Crippen LogP contribution in [0.5, 0.6) is 0 Å². The van der Waals surface area contributed by atoms with Crippen molar-refractivity contribution in [1.29, 1.82) is 5.26 Å². The Labute approximate surface area is 111 Å². The summed E-state index contributed by atoms with van der Waals surface area (Å²) in [6.45, 7) is 4.00. The van der Waals surface area contributed by atoms with E-state index in [1.807, 2.05) is 39.1 Å². The van der Waals surface area contributed by atoms with Gasteiger partial charge in [-0.15, -0.1) is 0 Å². The van der Waals surface area contributed by atoms with E-state index >= 15 is 0 Å². The van der Waals surface area contributed by atoms with Gasteiger partial charge in [0.2, 0.25) is 0 Å². The van der Waals surface area contributed by atoms with Crippen molar-refractivity contribution >= 4 is 21.6 Å². The third kappa shape index (κ3) is 3.45. The van der Waals surface area contributed by atoms with E-state index in [1.54, 1.807) is 0 Å². The SMILES string of the molecule is CC(N)c1ccc(N(C)C(C)CC#N)c(Br)c1. The number of rotatable bonds is 4. The highest BCUT2D eigenvalue weighted by atomic mass is 79.9. The highest BCUT2D eigenvalue weighted by Gasteiger charge is 2.13. The Balaban J connectivity index is 2.96. The van der Waals surface area contributed by atoms with Crippen molar-refractivity contribution in [2.24, 2.45) is 5.73 Å². The number of anilines is 1. The second-order valence-electron chi connectivity index (χ2n) is 4.32. The van der Waals surface area contributed by atoms with Gasteiger partial charge in [-0.05, 0) is 47.5 Å². The smallest absolute Gasteiger partial charge is 0.0643 e. The van der Waals surface area contributed by atoms with Crippen LogP contribution < -0.4 is 10.6 Å². The average Bonchev–Trinajstić information content (AvgIpc) is 2.28. The van der Waals surface area contributed by atoms with Crippen molar-refractivity contribution < 1.29 is 0 Å². The molecule has 0 aliphatic rings. The summed E-state index contributed by atoms with van der Waals surface area (Å²) in [7, 11) is 1.99. The van der Waals surface area contributed by atoms with Gasteiger partial charge in [0.25, 0.3) is 0 Å². The quantitative estimate of drug-likeness (QED) is 0.928. The first-order valence-corrected chi connectivity index (χ1v) is 6.41. The average molecular weight is 296 g/mol. The molecule has 0 aromatic heterocycles. The molecular formula is C13H18BrN3. The fourth-order valence-electron chi connectivity index (χ4n) is 1.60. The van der Waals surface area contributed by atoms with Gasteiger partial charge in [-0.3, -0.25) is 0 Å². The highest BCUT2D eigenvalue weighted by molar-refractivity contribution is 9.10. The summed E-state index contributed by atoms with van der Waals surface area (Å²) in [5.74, 6) is 0. The van der Waals surface area contributed by atoms with Gasteiger partial charge in [0.1, 0.15) is 0 Å². The van der Waals surface area contributed by atoms with Crippen molar-refractivity contribution in [3.05, 3.63) is 28.2 Å². The molecular weight excluding hydrogens is 278 g/mol. The summed E-state index contributed by atoms with van der Waals surface area (Å²) >= 11 is 3.56. The number of hydrogen-bond acceptors (Lipinski definition) is 3. The van der Waals surface area contributed by atoms with Crippen LogP contribution in [0, 0.1) is 11.3 Å². The standard InChI is InChI=1S/C13H18BrN3/c1-9(6-7-15)17(3)13-5-4-11(10(2)16)8-12(13)14/h4-5,8-10H,6,16H2,1-3H3. The monoisotopic (exact) mass is 295 g/mol. The molecule has 0 saturated heterocycles. The van der Waals surface area contributed by atoms with Gasteiger partial charge in [-0.25, -0.2) is 0 Å². The molecule has 0 bridgehead atoms. The molecule has 1 aromatic rings. The van der Waals surface area contributed by atoms with E-state index in [4.69, 9.17) is 11.0 Å². The molecule has 0 heterocycles. The molecule has 92 valence electrons. The predicted molar refractivity (Wildman–Crippen MR) is 74.8 cm³/mol. The number of nitriles is 1. The number of halogens is 1. The molecule has 2 N–H and O–H groups in total. The summed E-state index contributed by atoms with van der Waals surface area (Å²) in [4.78, 5) is 2.10. The van der Waals surface area contributed by atoms with Gasteiger partial charge in [0.15, 0.2) is 0 Å². The van der Waals surface area contributed by atoms with Crippen molar-refractivity contribution in [3.8, 4) is 6.07 Å². The van der Waals surface area contributed by atoms with Gasteiger partial charge >= 0.3 is 0 Å². The molecule has 0 radical (unpaired) electrons. The lowest BCUT2D eigenvalue weighted by atomic mass is 10.1. The Kier molecular flexibility index (Phi) is 4.98. The minimum absolute atomic E-state index is 0.0298. The molecule has 0 fully saturated rings. The first-order valence-electron chi connectivity index (χ1n) is 5.62. The number of benzene rings is 1. The fourth-order valence-corrected chi connectivity index (χ4v) is 2.28. The van der Waals surface area contributed by atoms with Gasteiger partial charge in [-0.2, -0.15) is 5.26 Å². The summed E-state index contributed by atoms with van der Waals surface area (Å²) in [5.41, 5.74) is 8.02. The van der Waals surface area contributed by atoms with E-state index in [2.05, 4.69) is 26.9 Å². The molecule has 3 nitrogen and oxygen atoms in total. The largest absolute Gasteiger partial charge is 0.370 e. The first kappa shape index (κ1) is 14.0. The summed E-state index contributed by atoms with van der Waals surface area (Å²) in [6.07, 6.45) is 0.512. The number of hydrogen-bond donors (Lipinski definition) is 1. The maximum absolute atomic E-state index is 8.71. The molecule has 1 rings (SSSR count). The maximum atomic E-state index is 8.71. The molecule has 4 heteroatoms. The van der Waals surface area contributed by atoms with Crippen LogP contribution in [0.4, 0.5) is 5.69 Å². The third-order valence-corrected chi connectivity index (χ3v) is 3.56. The Morgan fingerprint density at radius 1 is 1.47 bits per heavy atom. The Morgan fingerprint density at radius 3 is 2.59 bits per heavy atom. The maximum Gasteiger partial charge on any atom is 0.0643 e. The Hall–Kier alpha value is -1.05. The molecule has 1 aromatic carbocycles. The Bertz CT molecular complexity index is 423. The first-order chi connectivity index (χ1) is 7.97. The lowest BCUT2D eigenvalue weighted by molar-refractivity contribution is 0.701. The van der Waals surface area contributed by atoms with Crippen molar-refractivity contribution in [2.45, 2.75) is 32.4 Å². The van der Waals surface area contributed by atoms with Crippen LogP contribution in [-0.2, 0) is 0 Å². The summed E-state index contributed by atoms with van der Waals surface area (Å²) in [5, 5.41) is 8.71. The zero-order valence-corrected chi connectivity index (χ0v) is 12.0. The molecule has 0 aliphatic heterocycles. The molecule has 0 aliphatic carbocycles.